The van der Waals surface area contributed by atoms with Crippen LogP contribution >= 0.6 is 0 Å². The minimum Gasteiger partial charge on any atom is -0.354 e. The maximum Gasteiger partial charge on any atom is 0.251 e. The Bertz CT molecular complexity index is 753. The van der Waals surface area contributed by atoms with Crippen LogP contribution in [0.1, 0.15) is 19.3 Å². The largest absolute Gasteiger partial charge is 0.354 e. The first-order chi connectivity index (χ1) is 11.5. The average Bonchev–Trinajstić information content (AvgIpc) is 3.22. The van der Waals surface area contributed by atoms with Crippen molar-refractivity contribution in [3.63, 3.8) is 0 Å². The van der Waals surface area contributed by atoms with Crippen LogP contribution < -0.4 is 4.90 Å². The lowest BCUT2D eigenvalue weighted by atomic mass is 10.0. The summed E-state index contributed by atoms with van der Waals surface area (Å²) in [5, 5.41) is 12.1. The zero-order valence-corrected chi connectivity index (χ0v) is 13.1. The number of halogens is 2. The molecule has 2 aliphatic rings. The van der Waals surface area contributed by atoms with Crippen molar-refractivity contribution >= 4 is 17.4 Å². The highest BCUT2D eigenvalue weighted by molar-refractivity contribution is 5.80. The Morgan fingerprint density at radius 1 is 1.21 bits per heavy atom. The van der Waals surface area contributed by atoms with E-state index < -0.39 is 5.92 Å². The fourth-order valence-corrected chi connectivity index (χ4v) is 3.37. The predicted molar refractivity (Wildman–Crippen MR) is 81.9 cm³/mol. The van der Waals surface area contributed by atoms with E-state index in [1.54, 1.807) is 9.42 Å². The smallest absolute Gasteiger partial charge is 0.251 e. The number of rotatable bonds is 2. The van der Waals surface area contributed by atoms with Gasteiger partial charge in [-0.05, 0) is 18.6 Å². The van der Waals surface area contributed by atoms with Gasteiger partial charge in [0, 0.05) is 39.0 Å². The van der Waals surface area contributed by atoms with Crippen molar-refractivity contribution in [2.24, 2.45) is 5.92 Å². The summed E-state index contributed by atoms with van der Waals surface area (Å²) in [4.78, 5) is 16.2. The van der Waals surface area contributed by atoms with E-state index in [1.165, 1.54) is 6.33 Å². The zero-order valence-electron chi connectivity index (χ0n) is 13.1. The van der Waals surface area contributed by atoms with Crippen molar-refractivity contribution in [1.29, 1.82) is 0 Å². The standard InChI is InChI=1S/C15H18F2N6O/c16-15(17)4-7-21(8-5-15)14(24)11-3-6-22(9-11)13-2-1-12-19-18-10-23(12)20-13/h1-2,10-11H,3-9H2. The number of amides is 1. The number of carbonyl (C=O) groups excluding carboxylic acids is 1. The molecule has 0 bridgehead atoms. The Morgan fingerprint density at radius 3 is 2.79 bits per heavy atom. The lowest BCUT2D eigenvalue weighted by Crippen LogP contribution is -2.45. The number of hydrogen-bond donors (Lipinski definition) is 0. The fraction of sp³-hybridized carbons (Fsp3) is 0.600. The molecule has 24 heavy (non-hydrogen) atoms. The second-order valence-electron chi connectivity index (χ2n) is 6.44. The van der Waals surface area contributed by atoms with Crippen LogP contribution in [0.3, 0.4) is 0 Å². The molecule has 2 aromatic heterocycles. The quantitative estimate of drug-likeness (QED) is 0.825. The number of anilines is 1. The second-order valence-corrected chi connectivity index (χ2v) is 6.44. The van der Waals surface area contributed by atoms with E-state index in [1.807, 2.05) is 17.0 Å². The highest BCUT2D eigenvalue weighted by atomic mass is 19.3. The third-order valence-electron chi connectivity index (χ3n) is 4.82. The van der Waals surface area contributed by atoms with Gasteiger partial charge in [0.05, 0.1) is 5.92 Å². The van der Waals surface area contributed by atoms with E-state index in [4.69, 9.17) is 0 Å². The molecule has 7 nitrogen and oxygen atoms in total. The molecule has 0 aromatic carbocycles. The summed E-state index contributed by atoms with van der Waals surface area (Å²) in [6.45, 7) is 1.58. The molecular weight excluding hydrogens is 318 g/mol. The lowest BCUT2D eigenvalue weighted by Gasteiger charge is -2.33. The van der Waals surface area contributed by atoms with Gasteiger partial charge in [0.25, 0.3) is 5.92 Å². The number of hydrogen-bond acceptors (Lipinski definition) is 5. The van der Waals surface area contributed by atoms with Crippen LogP contribution in [0.2, 0.25) is 0 Å². The Balaban J connectivity index is 1.41. The SMILES string of the molecule is O=C(C1CCN(c2ccc3nncn3n2)C1)N1CCC(F)(F)CC1. The van der Waals surface area contributed by atoms with Crippen molar-refractivity contribution in [1.82, 2.24) is 24.7 Å². The number of likely N-dealkylation sites (tertiary alicyclic amines) is 1. The molecule has 2 aromatic rings. The summed E-state index contributed by atoms with van der Waals surface area (Å²) in [5.74, 6) is -2.03. The molecule has 2 fully saturated rings. The van der Waals surface area contributed by atoms with Gasteiger partial charge in [0.15, 0.2) is 5.65 Å². The maximum absolute atomic E-state index is 13.2. The van der Waals surface area contributed by atoms with E-state index in [0.717, 1.165) is 12.4 Å². The van der Waals surface area contributed by atoms with Crippen molar-refractivity contribution in [3.8, 4) is 0 Å². The molecule has 4 heterocycles. The minimum absolute atomic E-state index is 0.0154. The highest BCUT2D eigenvalue weighted by Gasteiger charge is 2.39. The van der Waals surface area contributed by atoms with Gasteiger partial charge in [-0.3, -0.25) is 4.79 Å². The van der Waals surface area contributed by atoms with Gasteiger partial charge in [-0.1, -0.05) is 0 Å². The van der Waals surface area contributed by atoms with Gasteiger partial charge in [-0.2, -0.15) is 4.52 Å². The predicted octanol–water partition coefficient (Wildman–Crippen LogP) is 1.21. The van der Waals surface area contributed by atoms with Crippen LogP contribution in [-0.2, 0) is 4.79 Å². The fourth-order valence-electron chi connectivity index (χ4n) is 3.37. The number of fused-ring (bicyclic) bond motifs is 1. The van der Waals surface area contributed by atoms with E-state index in [0.29, 0.717) is 18.6 Å². The second kappa shape index (κ2) is 5.64. The van der Waals surface area contributed by atoms with Gasteiger partial charge < -0.3 is 9.80 Å². The van der Waals surface area contributed by atoms with Gasteiger partial charge in [-0.15, -0.1) is 15.3 Å². The molecule has 0 spiro atoms. The third kappa shape index (κ3) is 2.78. The van der Waals surface area contributed by atoms with Crippen LogP contribution in [0.15, 0.2) is 18.5 Å². The normalized spacial score (nSPS) is 23.8. The van der Waals surface area contributed by atoms with Crippen LogP contribution in [0, 0.1) is 5.92 Å². The first-order valence-corrected chi connectivity index (χ1v) is 8.10. The van der Waals surface area contributed by atoms with Gasteiger partial charge in [-0.25, -0.2) is 8.78 Å². The van der Waals surface area contributed by atoms with Gasteiger partial charge in [0.2, 0.25) is 5.91 Å². The molecule has 128 valence electrons. The topological polar surface area (TPSA) is 66.6 Å². The summed E-state index contributed by atoms with van der Waals surface area (Å²) in [7, 11) is 0. The molecule has 2 saturated heterocycles. The molecule has 1 unspecified atom stereocenters. The number of piperidine rings is 1. The molecule has 9 heteroatoms. The Hall–Kier alpha value is -2.32. The van der Waals surface area contributed by atoms with E-state index in [-0.39, 0.29) is 37.8 Å². The van der Waals surface area contributed by atoms with Crippen LogP contribution in [-0.4, -0.2) is 62.7 Å². The molecule has 0 radical (unpaired) electrons. The van der Waals surface area contributed by atoms with Crippen LogP contribution in [0.25, 0.3) is 5.65 Å². The third-order valence-corrected chi connectivity index (χ3v) is 4.82. The Morgan fingerprint density at radius 2 is 2.00 bits per heavy atom. The number of alkyl halides is 2. The van der Waals surface area contributed by atoms with Gasteiger partial charge >= 0.3 is 0 Å². The summed E-state index contributed by atoms with van der Waals surface area (Å²) >= 11 is 0. The first kappa shape index (κ1) is 15.2. The van der Waals surface area contributed by atoms with Crippen molar-refractivity contribution in [3.05, 3.63) is 18.5 Å². The summed E-state index contributed by atoms with van der Waals surface area (Å²) < 4.78 is 28.1. The van der Waals surface area contributed by atoms with Crippen molar-refractivity contribution < 1.29 is 13.6 Å². The first-order valence-electron chi connectivity index (χ1n) is 8.10. The van der Waals surface area contributed by atoms with Crippen molar-refractivity contribution in [2.45, 2.75) is 25.2 Å². The molecule has 2 aliphatic heterocycles. The molecular formula is C15H18F2N6O. The maximum atomic E-state index is 13.2. The van der Waals surface area contributed by atoms with Gasteiger partial charge in [0.1, 0.15) is 12.1 Å². The summed E-state index contributed by atoms with van der Waals surface area (Å²) in [5.41, 5.74) is 0.666. The Labute approximate surface area is 137 Å². The zero-order chi connectivity index (χ0) is 16.7. The van der Waals surface area contributed by atoms with E-state index in [2.05, 4.69) is 15.3 Å². The van der Waals surface area contributed by atoms with E-state index >= 15 is 0 Å². The molecule has 0 saturated carbocycles. The molecule has 1 atom stereocenters. The minimum atomic E-state index is -2.63. The number of carbonyl (C=O) groups is 1. The molecule has 0 N–H and O–H groups in total. The van der Waals surface area contributed by atoms with E-state index in [9.17, 15) is 13.6 Å². The number of nitrogens with zero attached hydrogens (tertiary/aromatic N) is 6. The van der Waals surface area contributed by atoms with Crippen molar-refractivity contribution in [2.75, 3.05) is 31.1 Å². The van der Waals surface area contributed by atoms with Crippen LogP contribution in [0.4, 0.5) is 14.6 Å². The highest BCUT2D eigenvalue weighted by Crippen LogP contribution is 2.30. The average molecular weight is 336 g/mol. The monoisotopic (exact) mass is 336 g/mol. The lowest BCUT2D eigenvalue weighted by molar-refractivity contribution is -0.140. The summed E-state index contributed by atoms with van der Waals surface area (Å²) in [6, 6.07) is 3.69. The molecule has 0 aliphatic carbocycles. The molecule has 4 rings (SSSR count). The number of aromatic nitrogens is 4. The molecule has 1 amide bonds. The Kier molecular flexibility index (Phi) is 3.58. The summed E-state index contributed by atoms with van der Waals surface area (Å²) in [6.07, 6.45) is 1.78. The van der Waals surface area contributed by atoms with Crippen LogP contribution in [0.5, 0.6) is 0 Å².